The topological polar surface area (TPSA) is 66.0 Å². The lowest BCUT2D eigenvalue weighted by Gasteiger charge is -2.15. The van der Waals surface area contributed by atoms with Crippen LogP contribution in [0.5, 0.6) is 23.0 Å². The van der Waals surface area contributed by atoms with Crippen LogP contribution in [0.3, 0.4) is 0 Å². The molecule has 0 spiro atoms. The van der Waals surface area contributed by atoms with E-state index in [0.717, 1.165) is 10.0 Å². The van der Waals surface area contributed by atoms with Gasteiger partial charge in [-0.3, -0.25) is 4.79 Å². The molecule has 2 aromatic rings. The number of rotatable bonds is 9. The quantitative estimate of drug-likeness (QED) is 0.550. The van der Waals surface area contributed by atoms with E-state index in [2.05, 4.69) is 21.2 Å². The third-order valence-electron chi connectivity index (χ3n) is 3.81. The van der Waals surface area contributed by atoms with Gasteiger partial charge in [0.05, 0.1) is 44.6 Å². The lowest BCUT2D eigenvalue weighted by atomic mass is 10.1. The molecule has 2 aromatic carbocycles. The fraction of sp³-hybridized carbons (Fsp3) is 0.350. The van der Waals surface area contributed by atoms with Gasteiger partial charge in [0.15, 0.2) is 11.5 Å². The average molecular weight is 473 g/mol. The molecular formula is C20H23BrClNO5. The Bertz CT molecular complexity index is 844. The summed E-state index contributed by atoms with van der Waals surface area (Å²) in [6.07, 6.45) is 0.125. The van der Waals surface area contributed by atoms with E-state index in [4.69, 9.17) is 30.5 Å². The van der Waals surface area contributed by atoms with Gasteiger partial charge in [-0.25, -0.2) is 0 Å². The van der Waals surface area contributed by atoms with Crippen molar-refractivity contribution in [3.05, 3.63) is 39.3 Å². The maximum absolute atomic E-state index is 12.6. The van der Waals surface area contributed by atoms with Gasteiger partial charge in [-0.2, -0.15) is 0 Å². The predicted molar refractivity (Wildman–Crippen MR) is 113 cm³/mol. The van der Waals surface area contributed by atoms with Crippen LogP contribution in [0.25, 0.3) is 0 Å². The van der Waals surface area contributed by atoms with Crippen LogP contribution in [-0.4, -0.2) is 33.3 Å². The minimum absolute atomic E-state index is 0.125. The summed E-state index contributed by atoms with van der Waals surface area (Å²) < 4.78 is 22.5. The Morgan fingerprint density at radius 1 is 0.964 bits per heavy atom. The number of hydrogen-bond donors (Lipinski definition) is 1. The zero-order valence-electron chi connectivity index (χ0n) is 16.2. The average Bonchev–Trinajstić information content (AvgIpc) is 2.66. The first kappa shape index (κ1) is 22.2. The van der Waals surface area contributed by atoms with Gasteiger partial charge in [0.1, 0.15) is 11.5 Å². The second kappa shape index (κ2) is 10.4. The van der Waals surface area contributed by atoms with Crippen molar-refractivity contribution in [3.8, 4) is 23.0 Å². The van der Waals surface area contributed by atoms with Crippen molar-refractivity contribution >= 4 is 39.1 Å². The second-order valence-electron chi connectivity index (χ2n) is 5.67. The zero-order valence-corrected chi connectivity index (χ0v) is 18.6. The van der Waals surface area contributed by atoms with Crippen LogP contribution in [0.2, 0.25) is 5.02 Å². The number of benzene rings is 2. The number of anilines is 1. The molecule has 0 heterocycles. The minimum Gasteiger partial charge on any atom is -0.495 e. The van der Waals surface area contributed by atoms with Gasteiger partial charge in [0.2, 0.25) is 5.91 Å². The smallest absolute Gasteiger partial charge is 0.228 e. The number of methoxy groups -OCH3 is 2. The van der Waals surface area contributed by atoms with Crippen LogP contribution in [-0.2, 0) is 11.2 Å². The summed E-state index contributed by atoms with van der Waals surface area (Å²) in [5, 5.41) is 3.20. The van der Waals surface area contributed by atoms with Crippen molar-refractivity contribution in [2.24, 2.45) is 0 Å². The Morgan fingerprint density at radius 3 is 2.14 bits per heavy atom. The molecule has 0 unspecified atom stereocenters. The molecule has 0 saturated carbocycles. The summed E-state index contributed by atoms with van der Waals surface area (Å²) in [4.78, 5) is 12.6. The standard InChI is InChI=1S/C20H23BrClNO5/c1-5-27-18-7-12(13(21)9-19(18)28-6-2)8-20(24)23-15-10-14(22)16(25-3)11-17(15)26-4/h7,9-11H,5-6,8H2,1-4H3,(H,23,24). The Balaban J connectivity index is 2.23. The van der Waals surface area contributed by atoms with Gasteiger partial charge in [-0.05, 0) is 37.6 Å². The number of nitrogens with one attached hydrogen (secondary N) is 1. The first-order valence-electron chi connectivity index (χ1n) is 8.72. The highest BCUT2D eigenvalue weighted by Crippen LogP contribution is 2.37. The first-order chi connectivity index (χ1) is 13.4. The molecular weight excluding hydrogens is 450 g/mol. The molecule has 0 aromatic heterocycles. The normalized spacial score (nSPS) is 10.4. The fourth-order valence-electron chi connectivity index (χ4n) is 2.57. The molecule has 0 saturated heterocycles. The van der Waals surface area contributed by atoms with E-state index in [-0.39, 0.29) is 12.3 Å². The number of hydrogen-bond acceptors (Lipinski definition) is 5. The van der Waals surface area contributed by atoms with Crippen molar-refractivity contribution in [3.63, 3.8) is 0 Å². The van der Waals surface area contributed by atoms with E-state index in [9.17, 15) is 4.79 Å². The SMILES string of the molecule is CCOc1cc(Br)c(CC(=O)Nc2cc(Cl)c(OC)cc2OC)cc1OCC. The molecule has 2 rings (SSSR count). The van der Waals surface area contributed by atoms with Gasteiger partial charge in [-0.15, -0.1) is 0 Å². The molecule has 8 heteroatoms. The van der Waals surface area contributed by atoms with E-state index >= 15 is 0 Å². The second-order valence-corrected chi connectivity index (χ2v) is 6.93. The van der Waals surface area contributed by atoms with Gasteiger partial charge < -0.3 is 24.3 Å². The highest BCUT2D eigenvalue weighted by atomic mass is 79.9. The van der Waals surface area contributed by atoms with Crippen molar-refractivity contribution in [2.45, 2.75) is 20.3 Å². The highest BCUT2D eigenvalue weighted by Gasteiger charge is 2.16. The Hall–Kier alpha value is -2.12. The first-order valence-corrected chi connectivity index (χ1v) is 9.89. The molecule has 1 N–H and O–H groups in total. The summed E-state index contributed by atoms with van der Waals surface area (Å²) in [5.74, 6) is 1.92. The van der Waals surface area contributed by atoms with Crippen molar-refractivity contribution in [1.82, 2.24) is 0 Å². The maximum Gasteiger partial charge on any atom is 0.228 e. The predicted octanol–water partition coefficient (Wildman–Crippen LogP) is 5.10. The molecule has 6 nitrogen and oxygen atoms in total. The number of carbonyl (C=O) groups excluding carboxylic acids is 1. The van der Waals surface area contributed by atoms with Crippen LogP contribution in [0.4, 0.5) is 5.69 Å². The molecule has 0 bridgehead atoms. The van der Waals surface area contributed by atoms with Crippen LogP contribution in [0.1, 0.15) is 19.4 Å². The summed E-state index contributed by atoms with van der Waals surface area (Å²) in [7, 11) is 3.02. The monoisotopic (exact) mass is 471 g/mol. The fourth-order valence-corrected chi connectivity index (χ4v) is 3.28. The summed E-state index contributed by atoms with van der Waals surface area (Å²) in [6, 6.07) is 6.83. The minimum atomic E-state index is -0.230. The molecule has 0 fully saturated rings. The van der Waals surface area contributed by atoms with Gasteiger partial charge in [0, 0.05) is 10.5 Å². The van der Waals surface area contributed by atoms with E-state index < -0.39 is 0 Å². The number of carbonyl (C=O) groups is 1. The third-order valence-corrected chi connectivity index (χ3v) is 4.85. The van der Waals surface area contributed by atoms with Crippen LogP contribution < -0.4 is 24.3 Å². The largest absolute Gasteiger partial charge is 0.495 e. The third kappa shape index (κ3) is 5.45. The van der Waals surface area contributed by atoms with Crippen molar-refractivity contribution in [2.75, 3.05) is 32.8 Å². The Labute approximate surface area is 178 Å². The molecule has 0 atom stereocenters. The number of ether oxygens (including phenoxy) is 4. The number of halogens is 2. The van der Waals surface area contributed by atoms with Gasteiger partial charge in [0.25, 0.3) is 0 Å². The van der Waals surface area contributed by atoms with E-state index in [1.807, 2.05) is 19.9 Å². The van der Waals surface area contributed by atoms with Gasteiger partial charge >= 0.3 is 0 Å². The lowest BCUT2D eigenvalue weighted by Crippen LogP contribution is -2.15. The van der Waals surface area contributed by atoms with Gasteiger partial charge in [-0.1, -0.05) is 27.5 Å². The maximum atomic E-state index is 12.6. The molecule has 1 amide bonds. The summed E-state index contributed by atoms with van der Waals surface area (Å²) >= 11 is 9.66. The summed E-state index contributed by atoms with van der Waals surface area (Å²) in [5.41, 5.74) is 1.23. The highest BCUT2D eigenvalue weighted by molar-refractivity contribution is 9.10. The van der Waals surface area contributed by atoms with Crippen LogP contribution in [0.15, 0.2) is 28.7 Å². The molecule has 0 aliphatic carbocycles. The van der Waals surface area contributed by atoms with Crippen molar-refractivity contribution in [1.29, 1.82) is 0 Å². The van der Waals surface area contributed by atoms with Crippen molar-refractivity contribution < 1.29 is 23.7 Å². The Morgan fingerprint density at radius 2 is 1.57 bits per heavy atom. The lowest BCUT2D eigenvalue weighted by molar-refractivity contribution is -0.115. The molecule has 0 aliphatic heterocycles. The molecule has 0 aliphatic rings. The zero-order chi connectivity index (χ0) is 20.7. The molecule has 28 heavy (non-hydrogen) atoms. The number of amides is 1. The van der Waals surface area contributed by atoms with E-state index in [0.29, 0.717) is 46.9 Å². The summed E-state index contributed by atoms with van der Waals surface area (Å²) in [6.45, 7) is 4.81. The molecule has 152 valence electrons. The van der Waals surface area contributed by atoms with E-state index in [1.54, 1.807) is 18.2 Å². The molecule has 0 radical (unpaired) electrons. The van der Waals surface area contributed by atoms with Crippen LogP contribution >= 0.6 is 27.5 Å². The van der Waals surface area contributed by atoms with Crippen LogP contribution in [0, 0.1) is 0 Å². The Kier molecular flexibility index (Phi) is 8.26. The van der Waals surface area contributed by atoms with E-state index in [1.165, 1.54) is 14.2 Å².